The first-order valence-electron chi connectivity index (χ1n) is 12.2. The molecule has 1 saturated carbocycles. The van der Waals surface area contributed by atoms with Gasteiger partial charge in [0.05, 0.1) is 6.10 Å². The number of rotatable bonds is 6. The van der Waals surface area contributed by atoms with Gasteiger partial charge in [-0.2, -0.15) is 0 Å². The molecule has 1 saturated heterocycles. The summed E-state index contributed by atoms with van der Waals surface area (Å²) in [5.41, 5.74) is 7.36. The molecule has 1 aliphatic carbocycles. The van der Waals surface area contributed by atoms with Crippen LogP contribution in [0.1, 0.15) is 72.3 Å². The van der Waals surface area contributed by atoms with Crippen molar-refractivity contribution in [1.29, 1.82) is 0 Å². The summed E-state index contributed by atoms with van der Waals surface area (Å²) in [6.07, 6.45) is 7.96. The number of aliphatic hydroxyl groups excluding tert-OH is 1. The maximum Gasteiger partial charge on any atom is 0.207 e. The molecule has 4 atom stereocenters. The Morgan fingerprint density at radius 1 is 1.13 bits per heavy atom. The van der Waals surface area contributed by atoms with Gasteiger partial charge in [-0.1, -0.05) is 63.4 Å². The fraction of sp³-hybridized carbons (Fsp3) is 0.731. The molecule has 1 aromatic rings. The van der Waals surface area contributed by atoms with Crippen LogP contribution in [0, 0.1) is 11.8 Å². The number of amides is 1. The quantitative estimate of drug-likeness (QED) is 0.593. The second-order valence-electron chi connectivity index (χ2n) is 9.79. The van der Waals surface area contributed by atoms with Crippen LogP contribution in [-0.2, 0) is 11.2 Å². The number of carbonyl (C=O) groups is 1. The Labute approximate surface area is 190 Å². The minimum Gasteiger partial charge on any atom is -0.390 e. The van der Waals surface area contributed by atoms with Crippen molar-refractivity contribution in [3.63, 3.8) is 0 Å². The molecule has 2 aliphatic rings. The number of hydrogen-bond acceptors (Lipinski definition) is 4. The van der Waals surface area contributed by atoms with Crippen LogP contribution in [0.15, 0.2) is 30.3 Å². The van der Waals surface area contributed by atoms with Crippen molar-refractivity contribution in [2.45, 2.75) is 90.8 Å². The van der Waals surface area contributed by atoms with Gasteiger partial charge in [-0.15, -0.1) is 0 Å². The van der Waals surface area contributed by atoms with Crippen LogP contribution in [0.5, 0.6) is 0 Å². The molecule has 3 rings (SSSR count). The number of likely N-dealkylation sites (tertiary alicyclic amines) is 1. The molecule has 0 spiro atoms. The fourth-order valence-corrected chi connectivity index (χ4v) is 4.44. The summed E-state index contributed by atoms with van der Waals surface area (Å²) in [6, 6.07) is 10.1. The second kappa shape index (κ2) is 14.6. The minimum atomic E-state index is -0.430. The lowest BCUT2D eigenvalue weighted by molar-refractivity contribution is -0.110. The summed E-state index contributed by atoms with van der Waals surface area (Å²) in [5, 5.41) is 13.1. The Morgan fingerprint density at radius 2 is 1.74 bits per heavy atom. The van der Waals surface area contributed by atoms with E-state index in [-0.39, 0.29) is 11.6 Å². The van der Waals surface area contributed by atoms with E-state index >= 15 is 0 Å². The maximum atomic E-state index is 10.5. The van der Waals surface area contributed by atoms with E-state index < -0.39 is 6.10 Å². The Morgan fingerprint density at radius 3 is 2.29 bits per heavy atom. The number of hydrogen-bond donors (Lipinski definition) is 3. The SMILES string of the molecule is CC.CC(C)(C)NC=O.NC(Cc1ccccc1)C(O)CN1CCC2CCCCC2C1. The highest BCUT2D eigenvalue weighted by Gasteiger charge is 2.32. The number of β-amino-alcohol motifs (C(OH)–C–C–N with tert-alkyl or cyclic N) is 1. The van der Waals surface area contributed by atoms with Gasteiger partial charge in [0.2, 0.25) is 6.41 Å². The van der Waals surface area contributed by atoms with Gasteiger partial charge >= 0.3 is 0 Å². The van der Waals surface area contributed by atoms with Crippen molar-refractivity contribution >= 4 is 6.41 Å². The van der Waals surface area contributed by atoms with E-state index in [1.54, 1.807) is 0 Å². The predicted molar refractivity (Wildman–Crippen MR) is 131 cm³/mol. The monoisotopic (exact) mass is 433 g/mol. The number of piperidine rings is 1. The molecule has 2 fully saturated rings. The van der Waals surface area contributed by atoms with Crippen molar-refractivity contribution in [3.05, 3.63) is 35.9 Å². The van der Waals surface area contributed by atoms with Crippen molar-refractivity contribution in [2.75, 3.05) is 19.6 Å². The summed E-state index contributed by atoms with van der Waals surface area (Å²) in [6.45, 7) is 12.8. The largest absolute Gasteiger partial charge is 0.390 e. The highest BCUT2D eigenvalue weighted by Crippen LogP contribution is 2.36. The lowest BCUT2D eigenvalue weighted by Crippen LogP contribution is -2.49. The smallest absolute Gasteiger partial charge is 0.207 e. The van der Waals surface area contributed by atoms with Crippen LogP contribution in [0.25, 0.3) is 0 Å². The molecule has 4 N–H and O–H groups in total. The fourth-order valence-electron chi connectivity index (χ4n) is 4.44. The number of carbonyl (C=O) groups excluding carboxylic acids is 1. The van der Waals surface area contributed by atoms with Gasteiger partial charge in [-0.25, -0.2) is 0 Å². The topological polar surface area (TPSA) is 78.6 Å². The molecule has 1 aliphatic heterocycles. The number of nitrogens with two attached hydrogens (primary N) is 1. The van der Waals surface area contributed by atoms with Crippen LogP contribution in [0.4, 0.5) is 0 Å². The minimum absolute atomic E-state index is 0.0677. The molecular formula is C26H47N3O2. The Kier molecular flexibility index (Phi) is 13.0. The summed E-state index contributed by atoms with van der Waals surface area (Å²) < 4.78 is 0. The molecule has 1 amide bonds. The van der Waals surface area contributed by atoms with Gasteiger partial charge in [0.25, 0.3) is 0 Å². The molecule has 0 aromatic heterocycles. The third-order valence-electron chi connectivity index (χ3n) is 6.12. The Balaban J connectivity index is 0.000000457. The van der Waals surface area contributed by atoms with Crippen LogP contribution in [0.2, 0.25) is 0 Å². The van der Waals surface area contributed by atoms with Crippen molar-refractivity contribution in [1.82, 2.24) is 10.2 Å². The second-order valence-corrected chi connectivity index (χ2v) is 9.79. The van der Waals surface area contributed by atoms with E-state index in [2.05, 4.69) is 22.3 Å². The predicted octanol–water partition coefficient (Wildman–Crippen LogP) is 3.99. The van der Waals surface area contributed by atoms with Gasteiger partial charge in [0, 0.05) is 24.7 Å². The number of benzene rings is 1. The Bertz CT molecular complexity index is 588. The third kappa shape index (κ3) is 11.1. The molecular weight excluding hydrogens is 386 g/mol. The lowest BCUT2D eigenvalue weighted by atomic mass is 9.75. The summed E-state index contributed by atoms with van der Waals surface area (Å²) in [5.74, 6) is 1.81. The zero-order chi connectivity index (χ0) is 23.3. The molecule has 178 valence electrons. The number of aliphatic hydroxyl groups is 1. The van der Waals surface area contributed by atoms with Gasteiger partial charge in [0.15, 0.2) is 0 Å². The van der Waals surface area contributed by atoms with E-state index in [0.29, 0.717) is 6.41 Å². The van der Waals surface area contributed by atoms with Crippen LogP contribution in [-0.4, -0.2) is 53.7 Å². The summed E-state index contributed by atoms with van der Waals surface area (Å²) >= 11 is 0. The zero-order valence-corrected chi connectivity index (χ0v) is 20.5. The number of nitrogens with zero attached hydrogens (tertiary/aromatic N) is 1. The van der Waals surface area contributed by atoms with Crippen molar-refractivity contribution < 1.29 is 9.90 Å². The standard InChI is InChI=1S/C19H30N2O.C5H11NO.C2H6/c20-18(12-15-6-2-1-3-7-15)19(22)14-21-11-10-16-8-4-5-9-17(16)13-21;1-5(2,3)6-4-7;1-2/h1-3,6-7,16-19,22H,4-5,8-14,20H2;4H,1-3H3,(H,6,7);1-2H3. The average molecular weight is 434 g/mol. The average Bonchev–Trinajstić information content (AvgIpc) is 2.75. The highest BCUT2D eigenvalue weighted by atomic mass is 16.3. The molecule has 1 heterocycles. The molecule has 5 heteroatoms. The molecule has 4 unspecified atom stereocenters. The van der Waals surface area contributed by atoms with Gasteiger partial charge in [0.1, 0.15) is 0 Å². The van der Waals surface area contributed by atoms with E-state index in [9.17, 15) is 9.90 Å². The highest BCUT2D eigenvalue weighted by molar-refractivity contribution is 5.47. The van der Waals surface area contributed by atoms with Crippen LogP contribution in [0.3, 0.4) is 0 Å². The summed E-state index contributed by atoms with van der Waals surface area (Å²) in [4.78, 5) is 12.2. The zero-order valence-electron chi connectivity index (χ0n) is 20.5. The van der Waals surface area contributed by atoms with Gasteiger partial charge in [-0.05, 0) is 64.0 Å². The van der Waals surface area contributed by atoms with Crippen molar-refractivity contribution in [2.24, 2.45) is 17.6 Å². The van der Waals surface area contributed by atoms with Gasteiger partial charge < -0.3 is 21.1 Å². The third-order valence-corrected chi connectivity index (χ3v) is 6.12. The first-order valence-corrected chi connectivity index (χ1v) is 12.2. The molecule has 1 aromatic carbocycles. The summed E-state index contributed by atoms with van der Waals surface area (Å²) in [7, 11) is 0. The molecule has 5 nitrogen and oxygen atoms in total. The lowest BCUT2D eigenvalue weighted by Gasteiger charge is -2.42. The van der Waals surface area contributed by atoms with Gasteiger partial charge in [-0.3, -0.25) is 4.79 Å². The normalized spacial score (nSPS) is 23.1. The number of nitrogens with one attached hydrogen (secondary N) is 1. The maximum absolute atomic E-state index is 10.5. The number of fused-ring (bicyclic) bond motifs is 1. The first-order chi connectivity index (χ1) is 14.8. The van der Waals surface area contributed by atoms with E-state index in [4.69, 9.17) is 5.73 Å². The van der Waals surface area contributed by atoms with Crippen molar-refractivity contribution in [3.8, 4) is 0 Å². The molecule has 0 radical (unpaired) electrons. The molecule has 0 bridgehead atoms. The van der Waals surface area contributed by atoms with E-state index in [1.165, 1.54) is 44.2 Å². The Hall–Kier alpha value is -1.43. The first kappa shape index (κ1) is 27.6. The van der Waals surface area contributed by atoms with E-state index in [1.807, 2.05) is 52.8 Å². The van der Waals surface area contributed by atoms with Crippen LogP contribution < -0.4 is 11.1 Å². The van der Waals surface area contributed by atoms with E-state index in [0.717, 1.165) is 31.3 Å². The van der Waals surface area contributed by atoms with Crippen LogP contribution >= 0.6 is 0 Å². The molecule has 31 heavy (non-hydrogen) atoms.